The van der Waals surface area contributed by atoms with Crippen LogP contribution in [0.25, 0.3) is 0 Å². The van der Waals surface area contributed by atoms with E-state index in [1.165, 1.54) is 12.8 Å². The van der Waals surface area contributed by atoms with Crippen LogP contribution in [0.15, 0.2) is 0 Å². The van der Waals surface area contributed by atoms with E-state index in [-0.39, 0.29) is 6.03 Å². The number of hydrogen-bond donors (Lipinski definition) is 2. The molecule has 0 heterocycles. The molecular weight excluding hydrogens is 188 g/mol. The molecule has 0 aromatic heterocycles. The number of nitrogens with one attached hydrogen (secondary N) is 2. The second-order valence-corrected chi connectivity index (χ2v) is 5.65. The fourth-order valence-electron chi connectivity index (χ4n) is 2.37. The topological polar surface area (TPSA) is 41.1 Å². The van der Waals surface area contributed by atoms with E-state index in [1.807, 2.05) is 0 Å². The lowest BCUT2D eigenvalue weighted by molar-refractivity contribution is 0.154. The Hall–Kier alpha value is -0.730. The van der Waals surface area contributed by atoms with Gasteiger partial charge in [0, 0.05) is 13.1 Å². The van der Waals surface area contributed by atoms with E-state index in [4.69, 9.17) is 0 Å². The van der Waals surface area contributed by atoms with Gasteiger partial charge in [-0.1, -0.05) is 27.2 Å². The summed E-state index contributed by atoms with van der Waals surface area (Å²) >= 11 is 0. The van der Waals surface area contributed by atoms with Crippen LogP contribution in [0.3, 0.4) is 0 Å². The Kier molecular flexibility index (Phi) is 4.00. The normalized spacial score (nSPS) is 27.2. The number of amides is 2. The summed E-state index contributed by atoms with van der Waals surface area (Å²) in [5, 5.41) is 5.64. The summed E-state index contributed by atoms with van der Waals surface area (Å²) in [6.45, 7) is 6.87. The van der Waals surface area contributed by atoms with E-state index in [0.717, 1.165) is 18.8 Å². The van der Waals surface area contributed by atoms with E-state index >= 15 is 0 Å². The van der Waals surface area contributed by atoms with Gasteiger partial charge in [-0.15, -0.1) is 0 Å². The van der Waals surface area contributed by atoms with Crippen LogP contribution < -0.4 is 10.6 Å². The molecule has 1 rings (SSSR count). The average Bonchev–Trinajstić information content (AvgIpc) is 2.17. The summed E-state index contributed by atoms with van der Waals surface area (Å²) < 4.78 is 0. The quantitative estimate of drug-likeness (QED) is 0.689. The molecule has 1 fully saturated rings. The predicted octanol–water partition coefficient (Wildman–Crippen LogP) is 2.52. The highest BCUT2D eigenvalue weighted by atomic mass is 16.2. The molecule has 0 saturated heterocycles. The first-order chi connectivity index (χ1) is 6.93. The molecule has 88 valence electrons. The maximum Gasteiger partial charge on any atom is 0.314 e. The van der Waals surface area contributed by atoms with Gasteiger partial charge in [-0.25, -0.2) is 4.79 Å². The lowest BCUT2D eigenvalue weighted by Crippen LogP contribution is -2.44. The Morgan fingerprint density at radius 2 is 1.93 bits per heavy atom. The fraction of sp³-hybridized carbons (Fsp3) is 0.917. The highest BCUT2D eigenvalue weighted by Crippen LogP contribution is 2.37. The SMILES string of the molecule is CNC(=O)NC1CCCC(C(C)(C)C)C1. The van der Waals surface area contributed by atoms with Gasteiger partial charge in [0.1, 0.15) is 0 Å². The Balaban J connectivity index is 2.46. The molecule has 0 spiro atoms. The standard InChI is InChI=1S/C12H24N2O/c1-12(2,3)9-6-5-7-10(8-9)14-11(15)13-4/h9-10H,5-8H2,1-4H3,(H2,13,14,15). The van der Waals surface area contributed by atoms with Gasteiger partial charge in [0.05, 0.1) is 0 Å². The number of hydrogen-bond acceptors (Lipinski definition) is 1. The molecule has 3 heteroatoms. The first-order valence-electron chi connectivity index (χ1n) is 5.91. The van der Waals surface area contributed by atoms with Crippen molar-refractivity contribution >= 4 is 6.03 Å². The lowest BCUT2D eigenvalue weighted by atomic mass is 9.71. The maximum atomic E-state index is 11.2. The van der Waals surface area contributed by atoms with Crippen LogP contribution >= 0.6 is 0 Å². The molecule has 15 heavy (non-hydrogen) atoms. The molecule has 0 bridgehead atoms. The largest absolute Gasteiger partial charge is 0.341 e. The van der Waals surface area contributed by atoms with Gasteiger partial charge in [-0.3, -0.25) is 0 Å². The molecule has 2 amide bonds. The van der Waals surface area contributed by atoms with Crippen LogP contribution in [0, 0.1) is 11.3 Å². The summed E-state index contributed by atoms with van der Waals surface area (Å²) in [6.07, 6.45) is 4.78. The molecule has 2 unspecified atom stereocenters. The zero-order valence-electron chi connectivity index (χ0n) is 10.4. The second-order valence-electron chi connectivity index (χ2n) is 5.65. The molecule has 1 saturated carbocycles. The van der Waals surface area contributed by atoms with Crippen molar-refractivity contribution in [1.29, 1.82) is 0 Å². The summed E-state index contributed by atoms with van der Waals surface area (Å²) in [6, 6.07) is 0.317. The number of carbonyl (C=O) groups excluding carboxylic acids is 1. The van der Waals surface area contributed by atoms with Crippen LogP contribution in [0.5, 0.6) is 0 Å². The van der Waals surface area contributed by atoms with E-state index in [0.29, 0.717) is 11.5 Å². The minimum Gasteiger partial charge on any atom is -0.341 e. The zero-order valence-corrected chi connectivity index (χ0v) is 10.4. The van der Waals surface area contributed by atoms with Crippen molar-refractivity contribution < 1.29 is 4.79 Å². The van der Waals surface area contributed by atoms with E-state index in [2.05, 4.69) is 31.4 Å². The molecule has 0 aliphatic heterocycles. The van der Waals surface area contributed by atoms with E-state index in [1.54, 1.807) is 7.05 Å². The Labute approximate surface area is 93.0 Å². The number of rotatable bonds is 1. The van der Waals surface area contributed by atoms with Crippen molar-refractivity contribution in [2.24, 2.45) is 11.3 Å². The zero-order chi connectivity index (χ0) is 11.5. The van der Waals surface area contributed by atoms with E-state index in [9.17, 15) is 4.79 Å². The van der Waals surface area contributed by atoms with Crippen molar-refractivity contribution in [2.75, 3.05) is 7.05 Å². The third-order valence-electron chi connectivity index (χ3n) is 3.46. The lowest BCUT2D eigenvalue weighted by Gasteiger charge is -2.37. The first-order valence-corrected chi connectivity index (χ1v) is 5.91. The third kappa shape index (κ3) is 3.73. The van der Waals surface area contributed by atoms with Crippen molar-refractivity contribution in [1.82, 2.24) is 10.6 Å². The predicted molar refractivity (Wildman–Crippen MR) is 62.8 cm³/mol. The van der Waals surface area contributed by atoms with Gasteiger partial charge in [0.2, 0.25) is 0 Å². The summed E-state index contributed by atoms with van der Waals surface area (Å²) in [5.74, 6) is 0.730. The van der Waals surface area contributed by atoms with Crippen LogP contribution in [-0.4, -0.2) is 19.1 Å². The highest BCUT2D eigenvalue weighted by molar-refractivity contribution is 5.73. The second kappa shape index (κ2) is 4.86. The summed E-state index contributed by atoms with van der Waals surface area (Å²) in [4.78, 5) is 11.2. The van der Waals surface area contributed by atoms with Crippen molar-refractivity contribution in [3.63, 3.8) is 0 Å². The van der Waals surface area contributed by atoms with Gasteiger partial charge in [-0.05, 0) is 30.6 Å². The van der Waals surface area contributed by atoms with Crippen LogP contribution in [-0.2, 0) is 0 Å². The minimum atomic E-state index is -0.0467. The van der Waals surface area contributed by atoms with Gasteiger partial charge < -0.3 is 10.6 Å². The smallest absolute Gasteiger partial charge is 0.314 e. The van der Waals surface area contributed by atoms with Crippen LogP contribution in [0.2, 0.25) is 0 Å². The third-order valence-corrected chi connectivity index (χ3v) is 3.46. The van der Waals surface area contributed by atoms with Gasteiger partial charge in [-0.2, -0.15) is 0 Å². The average molecular weight is 212 g/mol. The molecule has 2 N–H and O–H groups in total. The fourth-order valence-corrected chi connectivity index (χ4v) is 2.37. The monoisotopic (exact) mass is 212 g/mol. The minimum absolute atomic E-state index is 0.0467. The first kappa shape index (κ1) is 12.3. The maximum absolute atomic E-state index is 11.2. The molecule has 0 radical (unpaired) electrons. The van der Waals surface area contributed by atoms with E-state index < -0.39 is 0 Å². The van der Waals surface area contributed by atoms with Crippen molar-refractivity contribution in [2.45, 2.75) is 52.5 Å². The highest BCUT2D eigenvalue weighted by Gasteiger charge is 2.30. The number of carbonyl (C=O) groups is 1. The Bertz CT molecular complexity index is 220. The molecule has 1 aliphatic carbocycles. The molecule has 0 aromatic rings. The molecule has 2 atom stereocenters. The van der Waals surface area contributed by atoms with Crippen LogP contribution in [0.1, 0.15) is 46.5 Å². The summed E-state index contributed by atoms with van der Waals surface area (Å²) in [7, 11) is 1.67. The Morgan fingerprint density at radius 1 is 1.27 bits per heavy atom. The number of urea groups is 1. The van der Waals surface area contributed by atoms with Crippen molar-refractivity contribution in [3.8, 4) is 0 Å². The molecule has 3 nitrogen and oxygen atoms in total. The van der Waals surface area contributed by atoms with Gasteiger partial charge in [0.25, 0.3) is 0 Å². The molecule has 1 aliphatic rings. The van der Waals surface area contributed by atoms with Crippen LogP contribution in [0.4, 0.5) is 4.79 Å². The van der Waals surface area contributed by atoms with Gasteiger partial charge >= 0.3 is 6.03 Å². The van der Waals surface area contributed by atoms with Gasteiger partial charge in [0.15, 0.2) is 0 Å². The Morgan fingerprint density at radius 3 is 2.47 bits per heavy atom. The summed E-state index contributed by atoms with van der Waals surface area (Å²) in [5.41, 5.74) is 0.364. The molecular formula is C12H24N2O. The molecule has 0 aromatic carbocycles. The van der Waals surface area contributed by atoms with Crippen molar-refractivity contribution in [3.05, 3.63) is 0 Å².